The largest absolute Gasteiger partial charge is 0.294 e. The maximum absolute atomic E-state index is 12.3. The fourth-order valence-corrected chi connectivity index (χ4v) is 2.21. The molecule has 0 N–H and O–H groups in total. The van der Waals surface area contributed by atoms with E-state index >= 15 is 0 Å². The number of nitrogens with zero attached hydrogens (tertiary/aromatic N) is 3. The van der Waals surface area contributed by atoms with E-state index in [9.17, 15) is 4.79 Å². The maximum Gasteiger partial charge on any atom is 0.167 e. The van der Waals surface area contributed by atoms with Crippen molar-refractivity contribution in [1.82, 2.24) is 14.8 Å². The van der Waals surface area contributed by atoms with Crippen molar-refractivity contribution in [1.29, 1.82) is 0 Å². The van der Waals surface area contributed by atoms with Gasteiger partial charge in [0, 0.05) is 36.3 Å². The molecule has 0 unspecified atom stereocenters. The Kier molecular flexibility index (Phi) is 3.29. The number of carbonyl (C=O) groups is 1. The maximum atomic E-state index is 12.3. The number of Topliss-reactive ketones (excluding diaryl/α,β-unsaturated/α-hetero) is 1. The average molecular weight is 265 g/mol. The van der Waals surface area contributed by atoms with Crippen molar-refractivity contribution < 1.29 is 4.79 Å². The zero-order valence-corrected chi connectivity index (χ0v) is 11.3. The normalized spacial score (nSPS) is 10.8. The van der Waals surface area contributed by atoms with Crippen molar-refractivity contribution in [3.8, 4) is 0 Å². The van der Waals surface area contributed by atoms with E-state index in [1.54, 1.807) is 12.4 Å². The van der Waals surface area contributed by atoms with Crippen LogP contribution in [0.4, 0.5) is 0 Å². The number of rotatable bonds is 4. The van der Waals surface area contributed by atoms with Crippen molar-refractivity contribution >= 4 is 16.7 Å². The van der Waals surface area contributed by atoms with Crippen molar-refractivity contribution in [2.45, 2.75) is 19.9 Å². The summed E-state index contributed by atoms with van der Waals surface area (Å²) in [6.45, 7) is 2.84. The molecule has 0 atom stereocenters. The molecule has 0 aliphatic heterocycles. The summed E-state index contributed by atoms with van der Waals surface area (Å²) in [5, 5.41) is 5.17. The van der Waals surface area contributed by atoms with Gasteiger partial charge in [0.15, 0.2) is 5.78 Å². The molecule has 4 nitrogen and oxygen atoms in total. The molecule has 3 rings (SSSR count). The van der Waals surface area contributed by atoms with Crippen LogP contribution >= 0.6 is 0 Å². The first-order valence-corrected chi connectivity index (χ1v) is 6.65. The van der Waals surface area contributed by atoms with E-state index in [-0.39, 0.29) is 5.78 Å². The van der Waals surface area contributed by atoms with Gasteiger partial charge in [0.1, 0.15) is 0 Å². The molecule has 0 spiro atoms. The topological polar surface area (TPSA) is 47.8 Å². The van der Waals surface area contributed by atoms with E-state index in [2.05, 4.69) is 10.1 Å². The molecule has 0 aliphatic rings. The summed E-state index contributed by atoms with van der Waals surface area (Å²) in [5.41, 5.74) is 2.57. The molecule has 0 saturated heterocycles. The number of aryl methyl sites for hydroxylation is 1. The SMILES string of the molecule is CCn1cc(CC(=O)c2ccc3ncccc3c2)cn1. The monoisotopic (exact) mass is 265 g/mol. The van der Waals surface area contributed by atoms with Crippen LogP contribution in [0.15, 0.2) is 48.9 Å². The predicted molar refractivity (Wildman–Crippen MR) is 77.7 cm³/mol. The smallest absolute Gasteiger partial charge is 0.167 e. The summed E-state index contributed by atoms with van der Waals surface area (Å²) in [6, 6.07) is 9.46. The first-order valence-electron chi connectivity index (χ1n) is 6.65. The van der Waals surface area contributed by atoms with E-state index in [4.69, 9.17) is 0 Å². The van der Waals surface area contributed by atoms with Crippen LogP contribution in [0.25, 0.3) is 10.9 Å². The zero-order chi connectivity index (χ0) is 13.9. The Bertz CT molecular complexity index is 761. The minimum atomic E-state index is 0.103. The third kappa shape index (κ3) is 2.45. The van der Waals surface area contributed by atoms with Crippen LogP contribution < -0.4 is 0 Å². The summed E-state index contributed by atoms with van der Waals surface area (Å²) in [5.74, 6) is 0.103. The van der Waals surface area contributed by atoms with Crippen LogP contribution in [0.3, 0.4) is 0 Å². The van der Waals surface area contributed by atoms with Crippen LogP contribution in [-0.2, 0) is 13.0 Å². The summed E-state index contributed by atoms with van der Waals surface area (Å²) >= 11 is 0. The highest BCUT2D eigenvalue weighted by molar-refractivity contribution is 6.00. The molecule has 2 aromatic heterocycles. The molecule has 0 aliphatic carbocycles. The molecule has 3 aromatic rings. The lowest BCUT2D eigenvalue weighted by atomic mass is 10.0. The molecule has 0 fully saturated rings. The summed E-state index contributed by atoms with van der Waals surface area (Å²) in [4.78, 5) is 16.6. The molecule has 2 heterocycles. The Hall–Kier alpha value is -2.49. The van der Waals surface area contributed by atoms with Crippen LogP contribution in [0.2, 0.25) is 0 Å². The van der Waals surface area contributed by atoms with Crippen LogP contribution in [0.5, 0.6) is 0 Å². The molecule has 0 amide bonds. The quantitative estimate of drug-likeness (QED) is 0.681. The minimum absolute atomic E-state index is 0.103. The summed E-state index contributed by atoms with van der Waals surface area (Å²) < 4.78 is 1.83. The fourth-order valence-electron chi connectivity index (χ4n) is 2.21. The Morgan fingerprint density at radius 2 is 2.20 bits per heavy atom. The molecule has 100 valence electrons. The van der Waals surface area contributed by atoms with Gasteiger partial charge in [-0.05, 0) is 36.8 Å². The predicted octanol–water partition coefficient (Wildman–Crippen LogP) is 2.88. The number of fused-ring (bicyclic) bond motifs is 1. The molecule has 4 heteroatoms. The van der Waals surface area contributed by atoms with E-state index in [0.717, 1.165) is 28.6 Å². The van der Waals surface area contributed by atoms with Gasteiger partial charge in [-0.1, -0.05) is 6.07 Å². The third-order valence-corrected chi connectivity index (χ3v) is 3.30. The van der Waals surface area contributed by atoms with E-state index < -0.39 is 0 Å². The lowest BCUT2D eigenvalue weighted by Gasteiger charge is -2.02. The van der Waals surface area contributed by atoms with Gasteiger partial charge in [0.2, 0.25) is 0 Å². The van der Waals surface area contributed by atoms with Gasteiger partial charge >= 0.3 is 0 Å². The van der Waals surface area contributed by atoms with Crippen LogP contribution in [0.1, 0.15) is 22.8 Å². The van der Waals surface area contributed by atoms with Gasteiger partial charge in [0.05, 0.1) is 11.7 Å². The van der Waals surface area contributed by atoms with Gasteiger partial charge in [-0.2, -0.15) is 5.10 Å². The number of hydrogen-bond acceptors (Lipinski definition) is 3. The van der Waals surface area contributed by atoms with Crippen molar-refractivity contribution in [2.75, 3.05) is 0 Å². The molecule has 0 radical (unpaired) electrons. The van der Waals surface area contributed by atoms with E-state index in [0.29, 0.717) is 6.42 Å². The zero-order valence-electron chi connectivity index (χ0n) is 11.3. The number of benzene rings is 1. The Morgan fingerprint density at radius 1 is 1.30 bits per heavy atom. The number of carbonyl (C=O) groups excluding carboxylic acids is 1. The second kappa shape index (κ2) is 5.25. The van der Waals surface area contributed by atoms with E-state index in [1.807, 2.05) is 48.1 Å². The Morgan fingerprint density at radius 3 is 3.00 bits per heavy atom. The third-order valence-electron chi connectivity index (χ3n) is 3.30. The van der Waals surface area contributed by atoms with Gasteiger partial charge in [-0.25, -0.2) is 0 Å². The Labute approximate surface area is 117 Å². The van der Waals surface area contributed by atoms with E-state index in [1.165, 1.54) is 0 Å². The first kappa shape index (κ1) is 12.5. The minimum Gasteiger partial charge on any atom is -0.294 e. The van der Waals surface area contributed by atoms with Crippen LogP contribution in [0, 0.1) is 0 Å². The highest BCUT2D eigenvalue weighted by Gasteiger charge is 2.09. The number of ketones is 1. The molecule has 0 saturated carbocycles. The van der Waals surface area contributed by atoms with Gasteiger partial charge in [0.25, 0.3) is 0 Å². The number of hydrogen-bond donors (Lipinski definition) is 0. The van der Waals surface area contributed by atoms with Gasteiger partial charge in [-0.3, -0.25) is 14.5 Å². The van der Waals surface area contributed by atoms with Gasteiger partial charge < -0.3 is 0 Å². The molecular weight excluding hydrogens is 250 g/mol. The molecule has 0 bridgehead atoms. The lowest BCUT2D eigenvalue weighted by molar-refractivity contribution is 0.0993. The Balaban J connectivity index is 1.84. The highest BCUT2D eigenvalue weighted by Crippen LogP contribution is 2.15. The van der Waals surface area contributed by atoms with Crippen molar-refractivity contribution in [3.63, 3.8) is 0 Å². The second-order valence-corrected chi connectivity index (χ2v) is 4.72. The lowest BCUT2D eigenvalue weighted by Crippen LogP contribution is -2.03. The van der Waals surface area contributed by atoms with Gasteiger partial charge in [-0.15, -0.1) is 0 Å². The first-order chi connectivity index (χ1) is 9.76. The number of aromatic nitrogens is 3. The molecule has 20 heavy (non-hydrogen) atoms. The fraction of sp³-hybridized carbons (Fsp3) is 0.188. The number of pyridine rings is 1. The standard InChI is InChI=1S/C16H15N3O/c1-2-19-11-12(10-18-19)8-16(20)14-5-6-15-13(9-14)4-3-7-17-15/h3-7,9-11H,2,8H2,1H3. The average Bonchev–Trinajstić information content (AvgIpc) is 2.94. The van der Waals surface area contributed by atoms with Crippen molar-refractivity contribution in [2.24, 2.45) is 0 Å². The molecular formula is C16H15N3O. The molecule has 1 aromatic carbocycles. The van der Waals surface area contributed by atoms with Crippen LogP contribution in [-0.4, -0.2) is 20.5 Å². The summed E-state index contributed by atoms with van der Waals surface area (Å²) in [6.07, 6.45) is 5.80. The highest BCUT2D eigenvalue weighted by atomic mass is 16.1. The van der Waals surface area contributed by atoms with Crippen molar-refractivity contribution in [3.05, 3.63) is 60.0 Å². The summed E-state index contributed by atoms with van der Waals surface area (Å²) in [7, 11) is 0. The second-order valence-electron chi connectivity index (χ2n) is 4.72.